The summed E-state index contributed by atoms with van der Waals surface area (Å²) in [5.74, 6) is 0.831. The van der Waals surface area contributed by atoms with E-state index >= 15 is 0 Å². The topological polar surface area (TPSA) is 41.9 Å². The monoisotopic (exact) mass is 323 g/mol. The van der Waals surface area contributed by atoms with Gasteiger partial charge in [-0.2, -0.15) is 0 Å². The van der Waals surface area contributed by atoms with E-state index in [0.29, 0.717) is 19.8 Å². The molecule has 0 unspecified atom stereocenters. The van der Waals surface area contributed by atoms with Gasteiger partial charge in [-0.05, 0) is 43.6 Å². The van der Waals surface area contributed by atoms with Crippen molar-refractivity contribution in [3.8, 4) is 5.75 Å². The van der Waals surface area contributed by atoms with Crippen molar-refractivity contribution >= 4 is 0 Å². The molecule has 0 saturated heterocycles. The largest absolute Gasteiger partial charge is 0.497 e. The average Bonchev–Trinajstić information content (AvgIpc) is 2.57. The first-order valence-corrected chi connectivity index (χ1v) is 8.80. The van der Waals surface area contributed by atoms with Crippen molar-refractivity contribution in [2.45, 2.75) is 52.2 Å². The molecule has 0 amide bonds. The Labute approximate surface area is 141 Å². The summed E-state index contributed by atoms with van der Waals surface area (Å²) in [6.07, 6.45) is 4.30. The Morgan fingerprint density at radius 3 is 2.43 bits per heavy atom. The van der Waals surface area contributed by atoms with E-state index in [0.717, 1.165) is 24.4 Å². The molecule has 1 atom stereocenters. The van der Waals surface area contributed by atoms with Crippen LogP contribution in [-0.2, 0) is 11.3 Å². The first-order chi connectivity index (χ1) is 11.2. The third-order valence-corrected chi connectivity index (χ3v) is 3.84. The average molecular weight is 323 g/mol. The lowest BCUT2D eigenvalue weighted by Crippen LogP contribution is -2.36. The summed E-state index contributed by atoms with van der Waals surface area (Å²) in [5.41, 5.74) is 1.06. The van der Waals surface area contributed by atoms with Gasteiger partial charge in [-0.3, -0.25) is 0 Å². The van der Waals surface area contributed by atoms with E-state index in [9.17, 15) is 5.11 Å². The molecule has 1 N–H and O–H groups in total. The molecule has 0 heterocycles. The molecule has 1 aromatic carbocycles. The Balaban J connectivity index is 2.31. The van der Waals surface area contributed by atoms with Crippen molar-refractivity contribution in [2.24, 2.45) is 0 Å². The smallest absolute Gasteiger partial charge is 0.119 e. The molecular formula is C19H33NO3. The standard InChI is InChI=1S/C19H33NO3/c1-4-6-11-20(12-7-5-2)14-18(21)16-23-15-17-9-8-10-19(13-17)22-3/h8-10,13,18,21H,4-7,11-12,14-16H2,1-3H3/t18-/m0/s1. The highest BCUT2D eigenvalue weighted by molar-refractivity contribution is 5.27. The summed E-state index contributed by atoms with van der Waals surface area (Å²) in [7, 11) is 1.66. The number of aliphatic hydroxyl groups is 1. The minimum Gasteiger partial charge on any atom is -0.497 e. The maximum absolute atomic E-state index is 10.2. The molecule has 0 aliphatic heterocycles. The van der Waals surface area contributed by atoms with Gasteiger partial charge in [0.25, 0.3) is 0 Å². The van der Waals surface area contributed by atoms with Gasteiger partial charge in [0.2, 0.25) is 0 Å². The zero-order valence-corrected chi connectivity index (χ0v) is 15.0. The van der Waals surface area contributed by atoms with Gasteiger partial charge in [0.15, 0.2) is 0 Å². The van der Waals surface area contributed by atoms with Crippen molar-refractivity contribution in [3.05, 3.63) is 29.8 Å². The quantitative estimate of drug-likeness (QED) is 0.603. The number of hydrogen-bond acceptors (Lipinski definition) is 4. The molecule has 0 aliphatic rings. The van der Waals surface area contributed by atoms with Crippen molar-refractivity contribution in [2.75, 3.05) is 33.4 Å². The van der Waals surface area contributed by atoms with Crippen LogP contribution >= 0.6 is 0 Å². The first-order valence-electron chi connectivity index (χ1n) is 8.80. The molecule has 0 saturated carbocycles. The van der Waals surface area contributed by atoms with E-state index in [2.05, 4.69) is 18.7 Å². The number of methoxy groups -OCH3 is 1. The van der Waals surface area contributed by atoms with Crippen molar-refractivity contribution in [3.63, 3.8) is 0 Å². The van der Waals surface area contributed by atoms with Crippen LogP contribution in [0.5, 0.6) is 5.75 Å². The Bertz CT molecular complexity index is 403. The molecule has 23 heavy (non-hydrogen) atoms. The zero-order valence-electron chi connectivity index (χ0n) is 15.0. The number of unbranched alkanes of at least 4 members (excludes halogenated alkanes) is 2. The second-order valence-corrected chi connectivity index (χ2v) is 6.03. The van der Waals surface area contributed by atoms with E-state index < -0.39 is 6.10 Å². The fraction of sp³-hybridized carbons (Fsp3) is 0.684. The molecule has 4 heteroatoms. The van der Waals surface area contributed by atoms with Gasteiger partial charge in [0.05, 0.1) is 26.4 Å². The highest BCUT2D eigenvalue weighted by atomic mass is 16.5. The van der Waals surface area contributed by atoms with Gasteiger partial charge in [-0.1, -0.05) is 38.8 Å². The minimum absolute atomic E-state index is 0.367. The van der Waals surface area contributed by atoms with E-state index in [4.69, 9.17) is 9.47 Å². The van der Waals surface area contributed by atoms with Gasteiger partial charge in [0, 0.05) is 6.54 Å². The Morgan fingerprint density at radius 1 is 1.13 bits per heavy atom. The number of aliphatic hydroxyl groups excluding tert-OH is 1. The van der Waals surface area contributed by atoms with Gasteiger partial charge < -0.3 is 19.5 Å². The highest BCUT2D eigenvalue weighted by Crippen LogP contribution is 2.13. The molecule has 0 aliphatic carbocycles. The lowest BCUT2D eigenvalue weighted by Gasteiger charge is -2.24. The molecule has 1 aromatic rings. The molecular weight excluding hydrogens is 290 g/mol. The lowest BCUT2D eigenvalue weighted by molar-refractivity contribution is 0.00946. The van der Waals surface area contributed by atoms with Crippen LogP contribution < -0.4 is 4.74 Å². The molecule has 1 rings (SSSR count). The summed E-state index contributed by atoms with van der Waals surface area (Å²) >= 11 is 0. The van der Waals surface area contributed by atoms with Crippen LogP contribution in [0.25, 0.3) is 0 Å². The predicted octanol–water partition coefficient (Wildman–Crippen LogP) is 3.47. The van der Waals surface area contributed by atoms with Gasteiger partial charge in [-0.25, -0.2) is 0 Å². The van der Waals surface area contributed by atoms with Crippen LogP contribution in [-0.4, -0.2) is 49.5 Å². The molecule has 0 fully saturated rings. The highest BCUT2D eigenvalue weighted by Gasteiger charge is 2.11. The van der Waals surface area contributed by atoms with Crippen molar-refractivity contribution in [1.29, 1.82) is 0 Å². The summed E-state index contributed by atoms with van der Waals surface area (Å²) in [4.78, 5) is 2.35. The van der Waals surface area contributed by atoms with E-state index in [-0.39, 0.29) is 0 Å². The molecule has 0 bridgehead atoms. The lowest BCUT2D eigenvalue weighted by atomic mass is 10.2. The minimum atomic E-state index is -0.436. The third kappa shape index (κ3) is 8.94. The van der Waals surface area contributed by atoms with Gasteiger partial charge in [-0.15, -0.1) is 0 Å². The maximum atomic E-state index is 10.2. The van der Waals surface area contributed by atoms with E-state index in [1.807, 2.05) is 24.3 Å². The Morgan fingerprint density at radius 2 is 1.83 bits per heavy atom. The number of hydrogen-bond donors (Lipinski definition) is 1. The van der Waals surface area contributed by atoms with Crippen LogP contribution in [0.3, 0.4) is 0 Å². The van der Waals surface area contributed by atoms with Crippen LogP contribution in [0.2, 0.25) is 0 Å². The van der Waals surface area contributed by atoms with Crippen LogP contribution in [0.4, 0.5) is 0 Å². The van der Waals surface area contributed by atoms with Crippen molar-refractivity contribution < 1.29 is 14.6 Å². The van der Waals surface area contributed by atoms with E-state index in [1.54, 1.807) is 7.11 Å². The fourth-order valence-electron chi connectivity index (χ4n) is 2.48. The first kappa shape index (κ1) is 19.9. The molecule has 132 valence electrons. The Hall–Kier alpha value is -1.10. The fourth-order valence-corrected chi connectivity index (χ4v) is 2.48. The summed E-state index contributed by atoms with van der Waals surface area (Å²) in [6, 6.07) is 7.83. The Kier molecular flexibility index (Phi) is 10.7. The third-order valence-electron chi connectivity index (χ3n) is 3.84. The van der Waals surface area contributed by atoms with Gasteiger partial charge >= 0.3 is 0 Å². The number of ether oxygens (including phenoxy) is 2. The zero-order chi connectivity index (χ0) is 16.9. The second kappa shape index (κ2) is 12.3. The number of benzene rings is 1. The van der Waals surface area contributed by atoms with Crippen LogP contribution in [0.15, 0.2) is 24.3 Å². The summed E-state index contributed by atoms with van der Waals surface area (Å²) in [6.45, 7) is 8.08. The summed E-state index contributed by atoms with van der Waals surface area (Å²) < 4.78 is 10.9. The predicted molar refractivity (Wildman–Crippen MR) is 94.9 cm³/mol. The summed E-state index contributed by atoms with van der Waals surface area (Å²) in [5, 5.41) is 10.2. The molecule has 0 radical (unpaired) electrons. The maximum Gasteiger partial charge on any atom is 0.119 e. The second-order valence-electron chi connectivity index (χ2n) is 6.03. The van der Waals surface area contributed by atoms with Crippen LogP contribution in [0, 0.1) is 0 Å². The normalized spacial score (nSPS) is 12.6. The van der Waals surface area contributed by atoms with E-state index in [1.165, 1.54) is 25.7 Å². The number of nitrogens with zero attached hydrogens (tertiary/aromatic N) is 1. The SMILES string of the molecule is CCCCN(CCCC)C[C@H](O)COCc1cccc(OC)c1. The van der Waals surface area contributed by atoms with Gasteiger partial charge in [0.1, 0.15) is 5.75 Å². The molecule has 0 spiro atoms. The molecule has 0 aromatic heterocycles. The van der Waals surface area contributed by atoms with Crippen LogP contribution in [0.1, 0.15) is 45.1 Å². The van der Waals surface area contributed by atoms with Crippen molar-refractivity contribution in [1.82, 2.24) is 4.90 Å². The number of rotatable bonds is 13. The molecule has 4 nitrogen and oxygen atoms in total.